The molecule has 1 aliphatic heterocycles. The van der Waals surface area contributed by atoms with Gasteiger partial charge in [0.25, 0.3) is 0 Å². The monoisotopic (exact) mass is 389 g/mol. The van der Waals surface area contributed by atoms with Gasteiger partial charge >= 0.3 is 0 Å². The second-order valence-corrected chi connectivity index (χ2v) is 7.81. The Kier molecular flexibility index (Phi) is 9.58. The maximum Gasteiger partial charge on any atom is 0.191 e. The van der Waals surface area contributed by atoms with E-state index < -0.39 is 0 Å². The van der Waals surface area contributed by atoms with Gasteiger partial charge in [0, 0.05) is 50.5 Å². The van der Waals surface area contributed by atoms with Gasteiger partial charge in [0.2, 0.25) is 0 Å². The molecule has 0 spiro atoms. The van der Waals surface area contributed by atoms with Crippen molar-refractivity contribution in [1.82, 2.24) is 15.5 Å². The number of hydrogen-bond donors (Lipinski definition) is 2. The average Bonchev–Trinajstić information content (AvgIpc) is 2.69. The van der Waals surface area contributed by atoms with Gasteiger partial charge in [-0.15, -0.1) is 0 Å². The molecular formula is C22H39N5O. The van der Waals surface area contributed by atoms with E-state index >= 15 is 0 Å². The number of benzene rings is 1. The zero-order valence-corrected chi connectivity index (χ0v) is 18.4. The summed E-state index contributed by atoms with van der Waals surface area (Å²) in [7, 11) is 0. The van der Waals surface area contributed by atoms with E-state index in [2.05, 4.69) is 79.3 Å². The van der Waals surface area contributed by atoms with Crippen LogP contribution in [-0.2, 0) is 11.3 Å². The molecule has 1 aliphatic rings. The number of anilines is 1. The van der Waals surface area contributed by atoms with Gasteiger partial charge in [0.1, 0.15) is 0 Å². The lowest BCUT2D eigenvalue weighted by molar-refractivity contribution is 0.122. The predicted octanol–water partition coefficient (Wildman–Crippen LogP) is 2.70. The van der Waals surface area contributed by atoms with E-state index in [4.69, 9.17) is 9.73 Å². The highest BCUT2D eigenvalue weighted by molar-refractivity contribution is 5.79. The van der Waals surface area contributed by atoms with Crippen molar-refractivity contribution in [3.8, 4) is 0 Å². The fourth-order valence-electron chi connectivity index (χ4n) is 3.56. The molecule has 6 heteroatoms. The molecule has 1 aromatic rings. The SMILES string of the molecule is CCNC(=NCc1ccc(N2CCOCC2)cc1)NCCN(C(C)C)C(C)C. The summed E-state index contributed by atoms with van der Waals surface area (Å²) in [6, 6.07) is 9.84. The molecule has 1 saturated heterocycles. The lowest BCUT2D eigenvalue weighted by Crippen LogP contribution is -2.45. The van der Waals surface area contributed by atoms with Gasteiger partial charge in [-0.3, -0.25) is 4.90 Å². The first-order valence-corrected chi connectivity index (χ1v) is 10.7. The number of nitrogens with zero attached hydrogens (tertiary/aromatic N) is 3. The van der Waals surface area contributed by atoms with Gasteiger partial charge < -0.3 is 20.3 Å². The molecular weight excluding hydrogens is 350 g/mol. The molecule has 2 rings (SSSR count). The first-order valence-electron chi connectivity index (χ1n) is 10.7. The molecule has 6 nitrogen and oxygen atoms in total. The second kappa shape index (κ2) is 11.9. The second-order valence-electron chi connectivity index (χ2n) is 7.81. The molecule has 2 N–H and O–H groups in total. The summed E-state index contributed by atoms with van der Waals surface area (Å²) in [5, 5.41) is 6.82. The van der Waals surface area contributed by atoms with Crippen LogP contribution < -0.4 is 15.5 Å². The largest absolute Gasteiger partial charge is 0.378 e. The zero-order valence-electron chi connectivity index (χ0n) is 18.4. The van der Waals surface area contributed by atoms with E-state index in [9.17, 15) is 0 Å². The highest BCUT2D eigenvalue weighted by Crippen LogP contribution is 2.17. The Morgan fingerprint density at radius 3 is 2.29 bits per heavy atom. The Balaban J connectivity index is 1.87. The van der Waals surface area contributed by atoms with E-state index in [1.54, 1.807) is 0 Å². The molecule has 0 aliphatic carbocycles. The molecule has 1 heterocycles. The number of rotatable bonds is 9. The van der Waals surface area contributed by atoms with E-state index in [1.807, 2.05) is 0 Å². The maximum atomic E-state index is 5.43. The summed E-state index contributed by atoms with van der Waals surface area (Å²) >= 11 is 0. The van der Waals surface area contributed by atoms with Crippen molar-refractivity contribution in [2.75, 3.05) is 50.8 Å². The van der Waals surface area contributed by atoms with Gasteiger partial charge in [0.05, 0.1) is 19.8 Å². The van der Waals surface area contributed by atoms with Gasteiger partial charge in [-0.1, -0.05) is 12.1 Å². The van der Waals surface area contributed by atoms with Gasteiger partial charge in [0.15, 0.2) is 5.96 Å². The van der Waals surface area contributed by atoms with Crippen LogP contribution in [0.2, 0.25) is 0 Å². The van der Waals surface area contributed by atoms with Crippen molar-refractivity contribution < 1.29 is 4.74 Å². The van der Waals surface area contributed by atoms with Gasteiger partial charge in [-0.2, -0.15) is 0 Å². The number of ether oxygens (including phenoxy) is 1. The Morgan fingerprint density at radius 2 is 1.71 bits per heavy atom. The van der Waals surface area contributed by atoms with Crippen molar-refractivity contribution >= 4 is 11.6 Å². The molecule has 28 heavy (non-hydrogen) atoms. The van der Waals surface area contributed by atoms with Crippen LogP contribution in [0.15, 0.2) is 29.3 Å². The Labute approximate surface area is 171 Å². The molecule has 0 atom stereocenters. The third-order valence-electron chi connectivity index (χ3n) is 5.07. The minimum Gasteiger partial charge on any atom is -0.378 e. The maximum absolute atomic E-state index is 5.43. The van der Waals surface area contributed by atoms with Crippen molar-refractivity contribution in [3.05, 3.63) is 29.8 Å². The topological polar surface area (TPSA) is 52.1 Å². The van der Waals surface area contributed by atoms with Crippen LogP contribution in [0.5, 0.6) is 0 Å². The van der Waals surface area contributed by atoms with Crippen LogP contribution >= 0.6 is 0 Å². The fourth-order valence-corrected chi connectivity index (χ4v) is 3.56. The van der Waals surface area contributed by atoms with Crippen LogP contribution in [0, 0.1) is 0 Å². The van der Waals surface area contributed by atoms with Crippen LogP contribution in [0.4, 0.5) is 5.69 Å². The number of hydrogen-bond acceptors (Lipinski definition) is 4. The number of guanidine groups is 1. The van der Waals surface area contributed by atoms with Crippen LogP contribution in [0.3, 0.4) is 0 Å². The molecule has 0 saturated carbocycles. The third-order valence-corrected chi connectivity index (χ3v) is 5.07. The minimum absolute atomic E-state index is 0.548. The van der Waals surface area contributed by atoms with E-state index in [1.165, 1.54) is 11.3 Å². The van der Waals surface area contributed by atoms with Gasteiger partial charge in [-0.25, -0.2) is 4.99 Å². The summed E-state index contributed by atoms with van der Waals surface area (Å²) in [5.74, 6) is 0.882. The number of morpholine rings is 1. The molecule has 0 unspecified atom stereocenters. The molecule has 0 aromatic heterocycles. The van der Waals surface area contributed by atoms with Crippen molar-refractivity contribution in [1.29, 1.82) is 0 Å². The Morgan fingerprint density at radius 1 is 1.07 bits per heavy atom. The lowest BCUT2D eigenvalue weighted by atomic mass is 10.2. The predicted molar refractivity (Wildman–Crippen MR) is 119 cm³/mol. The quantitative estimate of drug-likeness (QED) is 0.502. The van der Waals surface area contributed by atoms with Crippen molar-refractivity contribution in [2.45, 2.75) is 53.2 Å². The van der Waals surface area contributed by atoms with Gasteiger partial charge in [-0.05, 0) is 52.3 Å². The zero-order chi connectivity index (χ0) is 20.4. The van der Waals surface area contributed by atoms with E-state index in [0.717, 1.165) is 51.9 Å². The first-order chi connectivity index (χ1) is 13.5. The normalized spacial score (nSPS) is 15.6. The average molecular weight is 390 g/mol. The highest BCUT2D eigenvalue weighted by Gasteiger charge is 2.13. The molecule has 1 aromatic carbocycles. The summed E-state index contributed by atoms with van der Waals surface area (Å²) < 4.78 is 5.43. The molecule has 158 valence electrons. The first kappa shape index (κ1) is 22.5. The van der Waals surface area contributed by atoms with Crippen molar-refractivity contribution in [3.63, 3.8) is 0 Å². The third kappa shape index (κ3) is 7.32. The van der Waals surface area contributed by atoms with E-state index in [-0.39, 0.29) is 0 Å². The Bertz CT molecular complexity index is 571. The molecule has 0 amide bonds. The standard InChI is InChI=1S/C22H39N5O/c1-6-23-22(24-11-12-27(18(2)3)19(4)5)25-17-20-7-9-21(10-8-20)26-13-15-28-16-14-26/h7-10,18-19H,6,11-17H2,1-5H3,(H2,23,24,25). The lowest BCUT2D eigenvalue weighted by Gasteiger charge is -2.30. The minimum atomic E-state index is 0.548. The summed E-state index contributed by atoms with van der Waals surface area (Å²) in [4.78, 5) is 9.61. The van der Waals surface area contributed by atoms with E-state index in [0.29, 0.717) is 18.6 Å². The molecule has 0 bridgehead atoms. The summed E-state index contributed by atoms with van der Waals surface area (Å²) in [6.45, 7) is 18.1. The number of nitrogens with one attached hydrogen (secondary N) is 2. The Hall–Kier alpha value is -1.79. The summed E-state index contributed by atoms with van der Waals surface area (Å²) in [6.07, 6.45) is 0. The van der Waals surface area contributed by atoms with Crippen LogP contribution in [0.1, 0.15) is 40.2 Å². The van der Waals surface area contributed by atoms with Crippen molar-refractivity contribution in [2.24, 2.45) is 4.99 Å². The number of aliphatic imine (C=N–C) groups is 1. The molecule has 0 radical (unpaired) electrons. The smallest absolute Gasteiger partial charge is 0.191 e. The fraction of sp³-hybridized carbons (Fsp3) is 0.682. The van der Waals surface area contributed by atoms with Crippen LogP contribution in [0.25, 0.3) is 0 Å². The van der Waals surface area contributed by atoms with Crippen LogP contribution in [-0.4, -0.2) is 68.9 Å². The summed E-state index contributed by atoms with van der Waals surface area (Å²) in [5.41, 5.74) is 2.49. The molecule has 1 fully saturated rings. The highest BCUT2D eigenvalue weighted by atomic mass is 16.5.